The van der Waals surface area contributed by atoms with Gasteiger partial charge < -0.3 is 14.2 Å². The number of nitrogens with zero attached hydrogens (tertiary/aromatic N) is 2. The number of nitriles is 1. The Kier molecular flexibility index (Phi) is 10.4. The molecule has 0 atom stereocenters. The van der Waals surface area contributed by atoms with Crippen molar-refractivity contribution in [3.8, 4) is 34.4 Å². The van der Waals surface area contributed by atoms with Crippen molar-refractivity contribution < 1.29 is 19.0 Å². The highest BCUT2D eigenvalue weighted by molar-refractivity contribution is 9.09. The van der Waals surface area contributed by atoms with Crippen molar-refractivity contribution in [2.75, 3.05) is 11.9 Å². The van der Waals surface area contributed by atoms with Gasteiger partial charge in [0.15, 0.2) is 6.29 Å². The monoisotopic (exact) mass is 638 g/mol. The predicted octanol–water partition coefficient (Wildman–Crippen LogP) is 8.37. The van der Waals surface area contributed by atoms with Crippen LogP contribution in [-0.2, 0) is 13.2 Å². The highest BCUT2D eigenvalue weighted by Crippen LogP contribution is 2.38. The van der Waals surface area contributed by atoms with Gasteiger partial charge in [-0.15, -0.1) is 0 Å². The minimum absolute atomic E-state index is 0.116. The summed E-state index contributed by atoms with van der Waals surface area (Å²) in [6.07, 6.45) is 4.61. The standard InChI is InChI=1S/C31H25BrCl2N2O4/c1-20-23(5-2-6-25(20)26-7-3-8-28(31(26)34)38-10-4-9-32)19-40-30-13-29(24(17-37)12-27(30)33)39-18-22-11-21(14-35)15-36-16-22/h2-3,5-8,11-13,15-17H,4,9-10,18-19H2,1H3. The number of benzene rings is 3. The fourth-order valence-electron chi connectivity index (χ4n) is 4.02. The normalized spacial score (nSPS) is 10.6. The summed E-state index contributed by atoms with van der Waals surface area (Å²) in [4.78, 5) is 15.7. The van der Waals surface area contributed by atoms with Crippen LogP contribution in [0.2, 0.25) is 10.0 Å². The molecule has 0 aliphatic rings. The van der Waals surface area contributed by atoms with Gasteiger partial charge in [0.2, 0.25) is 0 Å². The first-order chi connectivity index (χ1) is 19.4. The molecule has 0 aliphatic heterocycles. The number of aldehydes is 1. The molecule has 0 amide bonds. The van der Waals surface area contributed by atoms with E-state index in [0.29, 0.717) is 46.3 Å². The molecule has 4 aromatic rings. The predicted molar refractivity (Wildman–Crippen MR) is 160 cm³/mol. The van der Waals surface area contributed by atoms with Gasteiger partial charge in [-0.05, 0) is 48.2 Å². The number of ether oxygens (including phenoxy) is 3. The summed E-state index contributed by atoms with van der Waals surface area (Å²) in [7, 11) is 0. The van der Waals surface area contributed by atoms with Crippen molar-refractivity contribution in [2.24, 2.45) is 0 Å². The summed E-state index contributed by atoms with van der Waals surface area (Å²) in [5, 5.41) is 10.8. The van der Waals surface area contributed by atoms with Gasteiger partial charge in [-0.2, -0.15) is 5.26 Å². The summed E-state index contributed by atoms with van der Waals surface area (Å²) in [6.45, 7) is 2.93. The molecule has 1 heterocycles. The summed E-state index contributed by atoms with van der Waals surface area (Å²) >= 11 is 16.6. The third kappa shape index (κ3) is 7.14. The molecule has 4 rings (SSSR count). The molecule has 0 saturated carbocycles. The Morgan fingerprint density at radius 3 is 2.50 bits per heavy atom. The fraction of sp³-hybridized carbons (Fsp3) is 0.194. The highest BCUT2D eigenvalue weighted by Gasteiger charge is 2.15. The number of carbonyl (C=O) groups excluding carboxylic acids is 1. The van der Waals surface area contributed by atoms with Gasteiger partial charge in [-0.3, -0.25) is 9.78 Å². The van der Waals surface area contributed by atoms with Crippen LogP contribution in [0.15, 0.2) is 67.0 Å². The molecular formula is C31H25BrCl2N2O4. The first-order valence-electron chi connectivity index (χ1n) is 12.4. The van der Waals surface area contributed by atoms with Crippen LogP contribution < -0.4 is 14.2 Å². The van der Waals surface area contributed by atoms with Gasteiger partial charge in [0.05, 0.1) is 27.8 Å². The second-order valence-electron chi connectivity index (χ2n) is 8.81. The van der Waals surface area contributed by atoms with E-state index in [4.69, 9.17) is 42.7 Å². The van der Waals surface area contributed by atoms with E-state index in [1.165, 1.54) is 12.3 Å². The molecule has 6 nitrogen and oxygen atoms in total. The summed E-state index contributed by atoms with van der Waals surface area (Å²) in [6, 6.07) is 18.5. The first-order valence-corrected chi connectivity index (χ1v) is 14.3. The van der Waals surface area contributed by atoms with Crippen molar-refractivity contribution in [3.05, 3.63) is 105 Å². The zero-order valence-corrected chi connectivity index (χ0v) is 24.7. The van der Waals surface area contributed by atoms with E-state index in [9.17, 15) is 4.79 Å². The lowest BCUT2D eigenvalue weighted by atomic mass is 9.96. The minimum Gasteiger partial charge on any atom is -0.492 e. The maximum absolute atomic E-state index is 11.7. The number of aromatic nitrogens is 1. The van der Waals surface area contributed by atoms with Crippen LogP contribution in [0, 0.1) is 18.3 Å². The van der Waals surface area contributed by atoms with E-state index in [-0.39, 0.29) is 23.8 Å². The van der Waals surface area contributed by atoms with Crippen molar-refractivity contribution >= 4 is 45.4 Å². The molecular weight excluding hydrogens is 615 g/mol. The SMILES string of the molecule is Cc1c(COc2cc(OCc3cncc(C#N)c3)c(C=O)cc2Cl)cccc1-c1cccc(OCCCBr)c1Cl. The van der Waals surface area contributed by atoms with E-state index in [2.05, 4.69) is 20.9 Å². The molecule has 0 radical (unpaired) electrons. The molecule has 3 aromatic carbocycles. The molecule has 0 N–H and O–H groups in total. The lowest BCUT2D eigenvalue weighted by Gasteiger charge is -2.17. The second-order valence-corrected chi connectivity index (χ2v) is 10.4. The van der Waals surface area contributed by atoms with Crippen LogP contribution >= 0.6 is 39.1 Å². The average Bonchev–Trinajstić information content (AvgIpc) is 2.97. The fourth-order valence-corrected chi connectivity index (χ4v) is 4.76. The van der Waals surface area contributed by atoms with Crippen LogP contribution in [0.4, 0.5) is 0 Å². The molecule has 0 bridgehead atoms. The quantitative estimate of drug-likeness (QED) is 0.0880. The van der Waals surface area contributed by atoms with Gasteiger partial charge in [0.1, 0.15) is 36.5 Å². The highest BCUT2D eigenvalue weighted by atomic mass is 79.9. The van der Waals surface area contributed by atoms with E-state index in [0.717, 1.165) is 34.0 Å². The number of carbonyl (C=O) groups is 1. The molecule has 0 unspecified atom stereocenters. The Labute approximate surface area is 251 Å². The molecule has 0 aliphatic carbocycles. The van der Waals surface area contributed by atoms with Crippen molar-refractivity contribution in [1.82, 2.24) is 4.98 Å². The zero-order chi connectivity index (χ0) is 28.5. The Balaban J connectivity index is 1.53. The zero-order valence-electron chi connectivity index (χ0n) is 21.6. The van der Waals surface area contributed by atoms with Crippen LogP contribution in [0.3, 0.4) is 0 Å². The van der Waals surface area contributed by atoms with E-state index < -0.39 is 0 Å². The molecule has 0 fully saturated rings. The van der Waals surface area contributed by atoms with Gasteiger partial charge in [0.25, 0.3) is 0 Å². The Bertz CT molecular complexity index is 1560. The van der Waals surface area contributed by atoms with Crippen LogP contribution in [0.1, 0.15) is 39.0 Å². The Morgan fingerprint density at radius 2 is 1.73 bits per heavy atom. The van der Waals surface area contributed by atoms with E-state index >= 15 is 0 Å². The number of hydrogen-bond acceptors (Lipinski definition) is 6. The summed E-state index contributed by atoms with van der Waals surface area (Å²) < 4.78 is 17.8. The third-order valence-electron chi connectivity index (χ3n) is 6.13. The molecule has 0 saturated heterocycles. The minimum atomic E-state index is 0.116. The van der Waals surface area contributed by atoms with Gasteiger partial charge >= 0.3 is 0 Å². The third-order valence-corrected chi connectivity index (χ3v) is 7.37. The number of alkyl halides is 1. The number of hydrogen-bond donors (Lipinski definition) is 0. The Hall–Kier alpha value is -3.57. The molecule has 9 heteroatoms. The van der Waals surface area contributed by atoms with Crippen molar-refractivity contribution in [1.29, 1.82) is 5.26 Å². The van der Waals surface area contributed by atoms with Crippen molar-refractivity contribution in [2.45, 2.75) is 26.6 Å². The summed E-state index contributed by atoms with van der Waals surface area (Å²) in [5.41, 5.74) is 5.18. The topological polar surface area (TPSA) is 81.4 Å². The summed E-state index contributed by atoms with van der Waals surface area (Å²) in [5.74, 6) is 1.33. The van der Waals surface area contributed by atoms with E-state index in [1.807, 2.05) is 49.4 Å². The molecule has 40 heavy (non-hydrogen) atoms. The van der Waals surface area contributed by atoms with Gasteiger partial charge in [0, 0.05) is 34.9 Å². The van der Waals surface area contributed by atoms with Gasteiger partial charge in [-0.1, -0.05) is 69.5 Å². The van der Waals surface area contributed by atoms with Gasteiger partial charge in [-0.25, -0.2) is 0 Å². The maximum atomic E-state index is 11.7. The maximum Gasteiger partial charge on any atom is 0.153 e. The number of rotatable bonds is 12. The first kappa shape index (κ1) is 29.4. The molecule has 1 aromatic heterocycles. The molecule has 204 valence electrons. The number of halogens is 3. The Morgan fingerprint density at radius 1 is 0.950 bits per heavy atom. The average molecular weight is 640 g/mol. The van der Waals surface area contributed by atoms with Crippen LogP contribution in [-0.4, -0.2) is 23.2 Å². The van der Waals surface area contributed by atoms with Crippen LogP contribution in [0.5, 0.6) is 17.2 Å². The lowest BCUT2D eigenvalue weighted by Crippen LogP contribution is -2.03. The van der Waals surface area contributed by atoms with Crippen molar-refractivity contribution in [3.63, 3.8) is 0 Å². The lowest BCUT2D eigenvalue weighted by molar-refractivity contribution is 0.111. The van der Waals surface area contributed by atoms with Crippen LogP contribution in [0.25, 0.3) is 11.1 Å². The smallest absolute Gasteiger partial charge is 0.153 e. The second kappa shape index (κ2) is 14.2. The number of pyridine rings is 1. The largest absolute Gasteiger partial charge is 0.492 e. The molecule has 0 spiro atoms. The van der Waals surface area contributed by atoms with E-state index in [1.54, 1.807) is 18.3 Å².